The van der Waals surface area contributed by atoms with E-state index in [2.05, 4.69) is 21.7 Å². The van der Waals surface area contributed by atoms with Crippen molar-refractivity contribution in [2.24, 2.45) is 0 Å². The van der Waals surface area contributed by atoms with Crippen molar-refractivity contribution in [2.45, 2.75) is 44.9 Å². The van der Waals surface area contributed by atoms with Gasteiger partial charge in [-0.25, -0.2) is 0 Å². The SMILES string of the molecule is COCC(COC)n1c(C)nnc1[C@@H]1CC[C@H](C)O1. The quantitative estimate of drug-likeness (QED) is 0.786. The van der Waals surface area contributed by atoms with Crippen molar-refractivity contribution in [1.82, 2.24) is 14.8 Å². The molecule has 0 saturated carbocycles. The van der Waals surface area contributed by atoms with Gasteiger partial charge in [0.15, 0.2) is 5.82 Å². The van der Waals surface area contributed by atoms with Crippen LogP contribution in [0.1, 0.15) is 43.6 Å². The molecule has 1 saturated heterocycles. The number of aryl methyl sites for hydroxylation is 1. The number of hydrogen-bond donors (Lipinski definition) is 0. The summed E-state index contributed by atoms with van der Waals surface area (Å²) in [5, 5.41) is 8.49. The van der Waals surface area contributed by atoms with Crippen molar-refractivity contribution < 1.29 is 14.2 Å². The summed E-state index contributed by atoms with van der Waals surface area (Å²) in [6.45, 7) is 5.19. The fourth-order valence-electron chi connectivity index (χ4n) is 2.63. The van der Waals surface area contributed by atoms with Crippen LogP contribution in [0.5, 0.6) is 0 Å². The van der Waals surface area contributed by atoms with Crippen LogP contribution in [-0.4, -0.2) is 48.3 Å². The molecule has 6 nitrogen and oxygen atoms in total. The molecule has 0 N–H and O–H groups in total. The Labute approximate surface area is 114 Å². The maximum atomic E-state index is 5.90. The number of rotatable bonds is 6. The van der Waals surface area contributed by atoms with Gasteiger partial charge in [0.2, 0.25) is 0 Å². The first-order chi connectivity index (χ1) is 9.17. The van der Waals surface area contributed by atoms with Crippen molar-refractivity contribution in [3.05, 3.63) is 11.6 Å². The van der Waals surface area contributed by atoms with Gasteiger partial charge in [0.25, 0.3) is 0 Å². The van der Waals surface area contributed by atoms with Crippen LogP contribution in [0.3, 0.4) is 0 Å². The van der Waals surface area contributed by atoms with E-state index in [0.717, 1.165) is 24.5 Å². The number of ether oxygens (including phenoxy) is 3. The predicted octanol–water partition coefficient (Wildman–Crippen LogP) is 1.66. The average Bonchev–Trinajstić information content (AvgIpc) is 2.95. The molecule has 0 radical (unpaired) electrons. The van der Waals surface area contributed by atoms with E-state index in [-0.39, 0.29) is 12.1 Å². The molecule has 0 aromatic carbocycles. The van der Waals surface area contributed by atoms with Gasteiger partial charge < -0.3 is 18.8 Å². The fourth-order valence-corrected chi connectivity index (χ4v) is 2.63. The van der Waals surface area contributed by atoms with Crippen LogP contribution in [0.25, 0.3) is 0 Å². The highest BCUT2D eigenvalue weighted by Crippen LogP contribution is 2.33. The molecular weight excluding hydrogens is 246 g/mol. The van der Waals surface area contributed by atoms with E-state index < -0.39 is 0 Å². The molecule has 2 rings (SSSR count). The first-order valence-corrected chi connectivity index (χ1v) is 6.72. The molecule has 6 heteroatoms. The highest BCUT2D eigenvalue weighted by Gasteiger charge is 2.30. The second-order valence-electron chi connectivity index (χ2n) is 5.05. The molecule has 0 aliphatic carbocycles. The van der Waals surface area contributed by atoms with E-state index in [4.69, 9.17) is 14.2 Å². The van der Waals surface area contributed by atoms with E-state index >= 15 is 0 Å². The normalized spacial score (nSPS) is 23.4. The Kier molecular flexibility index (Phi) is 4.90. The van der Waals surface area contributed by atoms with Crippen LogP contribution in [0.2, 0.25) is 0 Å². The van der Waals surface area contributed by atoms with Gasteiger partial charge in [-0.15, -0.1) is 10.2 Å². The highest BCUT2D eigenvalue weighted by molar-refractivity contribution is 5.02. The summed E-state index contributed by atoms with van der Waals surface area (Å²) in [4.78, 5) is 0. The smallest absolute Gasteiger partial charge is 0.162 e. The molecule has 1 aromatic rings. The summed E-state index contributed by atoms with van der Waals surface area (Å²) in [6, 6.07) is 0.0829. The maximum Gasteiger partial charge on any atom is 0.162 e. The Morgan fingerprint density at radius 2 is 1.95 bits per heavy atom. The van der Waals surface area contributed by atoms with Gasteiger partial charge in [-0.1, -0.05) is 0 Å². The van der Waals surface area contributed by atoms with Gasteiger partial charge in [0.1, 0.15) is 11.9 Å². The van der Waals surface area contributed by atoms with E-state index in [0.29, 0.717) is 19.3 Å². The zero-order valence-corrected chi connectivity index (χ0v) is 12.1. The lowest BCUT2D eigenvalue weighted by Crippen LogP contribution is -2.24. The molecule has 1 aliphatic heterocycles. The highest BCUT2D eigenvalue weighted by atomic mass is 16.5. The van der Waals surface area contributed by atoms with Crippen LogP contribution < -0.4 is 0 Å². The van der Waals surface area contributed by atoms with Crippen molar-refractivity contribution in [3.63, 3.8) is 0 Å². The predicted molar refractivity (Wildman–Crippen MR) is 70.1 cm³/mol. The number of hydrogen-bond acceptors (Lipinski definition) is 5. The molecule has 0 spiro atoms. The van der Waals surface area contributed by atoms with Gasteiger partial charge in [0, 0.05) is 14.2 Å². The second-order valence-corrected chi connectivity index (χ2v) is 5.05. The lowest BCUT2D eigenvalue weighted by atomic mass is 10.2. The first-order valence-electron chi connectivity index (χ1n) is 6.72. The first kappa shape index (κ1) is 14.4. The zero-order valence-electron chi connectivity index (χ0n) is 12.1. The minimum absolute atomic E-state index is 0.0346. The third kappa shape index (κ3) is 3.13. The zero-order chi connectivity index (χ0) is 13.8. The van der Waals surface area contributed by atoms with E-state index in [1.807, 2.05) is 6.92 Å². The molecule has 0 amide bonds. The Morgan fingerprint density at radius 1 is 1.26 bits per heavy atom. The third-order valence-corrected chi connectivity index (χ3v) is 3.50. The molecule has 108 valence electrons. The van der Waals surface area contributed by atoms with E-state index in [9.17, 15) is 0 Å². The minimum Gasteiger partial charge on any atom is -0.382 e. The van der Waals surface area contributed by atoms with Crippen molar-refractivity contribution in [1.29, 1.82) is 0 Å². The Bertz CT molecular complexity index is 402. The van der Waals surface area contributed by atoms with Gasteiger partial charge in [0.05, 0.1) is 25.4 Å². The summed E-state index contributed by atoms with van der Waals surface area (Å²) < 4.78 is 18.5. The average molecular weight is 269 g/mol. The monoisotopic (exact) mass is 269 g/mol. The molecular formula is C13H23N3O3. The summed E-state index contributed by atoms with van der Waals surface area (Å²) in [5.74, 6) is 1.76. The topological polar surface area (TPSA) is 58.4 Å². The Morgan fingerprint density at radius 3 is 2.47 bits per heavy atom. The van der Waals surface area contributed by atoms with Crippen molar-refractivity contribution in [3.8, 4) is 0 Å². The van der Waals surface area contributed by atoms with Crippen LogP contribution in [0.4, 0.5) is 0 Å². The van der Waals surface area contributed by atoms with Crippen LogP contribution >= 0.6 is 0 Å². The minimum atomic E-state index is 0.0346. The molecule has 2 atom stereocenters. The molecule has 1 fully saturated rings. The summed E-state index contributed by atoms with van der Waals surface area (Å²) in [7, 11) is 3.38. The summed E-state index contributed by atoms with van der Waals surface area (Å²) in [5.41, 5.74) is 0. The lowest BCUT2D eigenvalue weighted by Gasteiger charge is -2.22. The molecule has 19 heavy (non-hydrogen) atoms. The van der Waals surface area contributed by atoms with Crippen molar-refractivity contribution in [2.75, 3.05) is 27.4 Å². The van der Waals surface area contributed by atoms with Crippen LogP contribution in [0.15, 0.2) is 0 Å². The lowest BCUT2D eigenvalue weighted by molar-refractivity contribution is 0.0399. The molecule has 2 heterocycles. The Hall–Kier alpha value is -0.980. The van der Waals surface area contributed by atoms with E-state index in [1.165, 1.54) is 0 Å². The second kappa shape index (κ2) is 6.45. The number of nitrogens with zero attached hydrogens (tertiary/aromatic N) is 3. The van der Waals surface area contributed by atoms with Gasteiger partial charge >= 0.3 is 0 Å². The molecule has 0 unspecified atom stereocenters. The van der Waals surface area contributed by atoms with Gasteiger partial charge in [-0.05, 0) is 26.7 Å². The van der Waals surface area contributed by atoms with E-state index in [1.54, 1.807) is 14.2 Å². The molecule has 0 bridgehead atoms. The summed E-state index contributed by atoms with van der Waals surface area (Å²) in [6.07, 6.45) is 2.38. The number of methoxy groups -OCH3 is 2. The number of aromatic nitrogens is 3. The fraction of sp³-hybridized carbons (Fsp3) is 0.846. The van der Waals surface area contributed by atoms with Crippen LogP contribution in [0, 0.1) is 6.92 Å². The van der Waals surface area contributed by atoms with Crippen molar-refractivity contribution >= 4 is 0 Å². The molecule has 1 aromatic heterocycles. The standard InChI is InChI=1S/C13H23N3O3/c1-9-5-6-12(19-9)13-15-14-10(2)16(13)11(7-17-3)8-18-4/h9,11-12H,5-8H2,1-4H3/t9-,12-/m0/s1. The van der Waals surface area contributed by atoms with Crippen LogP contribution in [-0.2, 0) is 14.2 Å². The summed E-state index contributed by atoms with van der Waals surface area (Å²) >= 11 is 0. The largest absolute Gasteiger partial charge is 0.382 e. The Balaban J connectivity index is 2.25. The molecule has 1 aliphatic rings. The van der Waals surface area contributed by atoms with Gasteiger partial charge in [-0.3, -0.25) is 0 Å². The third-order valence-electron chi connectivity index (χ3n) is 3.50. The maximum absolute atomic E-state index is 5.90. The van der Waals surface area contributed by atoms with Gasteiger partial charge in [-0.2, -0.15) is 0 Å².